The number of aromatic nitrogens is 1. The Balaban J connectivity index is 1.45. The Morgan fingerprint density at radius 3 is 2.74 bits per heavy atom. The SMILES string of the molecule is CC(c1ccc2ccccc2c1)N1C[C@@H](O)[C@@H](NC(=O)c2cc(F)c[nH]2)C1. The summed E-state index contributed by atoms with van der Waals surface area (Å²) in [6.07, 6.45) is 0.463. The number of nitrogens with one attached hydrogen (secondary N) is 2. The van der Waals surface area contributed by atoms with Crippen molar-refractivity contribution in [1.82, 2.24) is 15.2 Å². The predicted octanol–water partition coefficient (Wildman–Crippen LogP) is 2.84. The van der Waals surface area contributed by atoms with Gasteiger partial charge in [-0.1, -0.05) is 36.4 Å². The van der Waals surface area contributed by atoms with E-state index in [2.05, 4.69) is 52.5 Å². The van der Waals surface area contributed by atoms with Crippen molar-refractivity contribution in [3.05, 3.63) is 71.8 Å². The van der Waals surface area contributed by atoms with Crippen LogP contribution in [0.4, 0.5) is 4.39 Å². The predicted molar refractivity (Wildman–Crippen MR) is 102 cm³/mol. The summed E-state index contributed by atoms with van der Waals surface area (Å²) in [4.78, 5) is 17.0. The van der Waals surface area contributed by atoms with Gasteiger partial charge in [0, 0.05) is 31.4 Å². The average molecular weight is 367 g/mol. The first kappa shape index (κ1) is 17.7. The molecule has 3 aromatic rings. The van der Waals surface area contributed by atoms with Gasteiger partial charge in [0.1, 0.15) is 11.5 Å². The van der Waals surface area contributed by atoms with Crippen LogP contribution in [0.5, 0.6) is 0 Å². The molecular weight excluding hydrogens is 345 g/mol. The largest absolute Gasteiger partial charge is 0.390 e. The summed E-state index contributed by atoms with van der Waals surface area (Å²) in [7, 11) is 0. The number of nitrogens with zero attached hydrogens (tertiary/aromatic N) is 1. The molecule has 0 aliphatic carbocycles. The molecule has 1 amide bonds. The van der Waals surface area contributed by atoms with Crippen LogP contribution in [-0.2, 0) is 0 Å². The molecule has 1 saturated heterocycles. The number of amides is 1. The van der Waals surface area contributed by atoms with Gasteiger partial charge in [0.2, 0.25) is 0 Å². The summed E-state index contributed by atoms with van der Waals surface area (Å²) in [6.45, 7) is 3.10. The Labute approximate surface area is 156 Å². The van der Waals surface area contributed by atoms with Gasteiger partial charge in [0.05, 0.1) is 12.1 Å². The van der Waals surface area contributed by atoms with Gasteiger partial charge in [-0.05, 0) is 29.3 Å². The Hall–Kier alpha value is -2.70. The maximum absolute atomic E-state index is 13.1. The quantitative estimate of drug-likeness (QED) is 0.664. The van der Waals surface area contributed by atoms with Crippen molar-refractivity contribution in [3.8, 4) is 0 Å². The third kappa shape index (κ3) is 3.59. The molecule has 1 fully saturated rings. The Morgan fingerprint density at radius 1 is 1.22 bits per heavy atom. The second-order valence-corrected chi connectivity index (χ2v) is 7.12. The zero-order valence-corrected chi connectivity index (χ0v) is 15.0. The van der Waals surface area contributed by atoms with Gasteiger partial charge in [-0.3, -0.25) is 9.69 Å². The first-order chi connectivity index (χ1) is 13.0. The second-order valence-electron chi connectivity index (χ2n) is 7.12. The number of likely N-dealkylation sites (tertiary alicyclic amines) is 1. The molecule has 140 valence electrons. The molecule has 1 aliphatic rings. The molecule has 0 bridgehead atoms. The lowest BCUT2D eigenvalue weighted by molar-refractivity contribution is 0.0883. The molecule has 4 rings (SSSR count). The number of hydrogen-bond acceptors (Lipinski definition) is 3. The summed E-state index contributed by atoms with van der Waals surface area (Å²) < 4.78 is 13.1. The van der Waals surface area contributed by atoms with Crippen LogP contribution in [0.25, 0.3) is 10.8 Å². The number of halogens is 1. The van der Waals surface area contributed by atoms with Gasteiger partial charge >= 0.3 is 0 Å². The van der Waals surface area contributed by atoms with Crippen molar-refractivity contribution in [2.45, 2.75) is 25.1 Å². The number of H-pyrrole nitrogens is 1. The van der Waals surface area contributed by atoms with E-state index in [0.717, 1.165) is 12.3 Å². The number of aromatic amines is 1. The lowest BCUT2D eigenvalue weighted by atomic mass is 10.0. The van der Waals surface area contributed by atoms with E-state index in [0.29, 0.717) is 13.1 Å². The number of carbonyl (C=O) groups is 1. The lowest BCUT2D eigenvalue weighted by Crippen LogP contribution is -2.43. The van der Waals surface area contributed by atoms with E-state index in [-0.39, 0.29) is 11.7 Å². The average Bonchev–Trinajstić information content (AvgIpc) is 3.27. The van der Waals surface area contributed by atoms with Crippen molar-refractivity contribution in [3.63, 3.8) is 0 Å². The minimum Gasteiger partial charge on any atom is -0.390 e. The van der Waals surface area contributed by atoms with Crippen LogP contribution in [0.1, 0.15) is 29.0 Å². The van der Waals surface area contributed by atoms with Crippen molar-refractivity contribution in [2.24, 2.45) is 0 Å². The molecule has 5 nitrogen and oxygen atoms in total. The van der Waals surface area contributed by atoms with E-state index in [1.807, 2.05) is 12.1 Å². The van der Waals surface area contributed by atoms with Gasteiger partial charge in [-0.25, -0.2) is 4.39 Å². The topological polar surface area (TPSA) is 68.4 Å². The van der Waals surface area contributed by atoms with E-state index in [4.69, 9.17) is 0 Å². The molecule has 1 unspecified atom stereocenters. The summed E-state index contributed by atoms with van der Waals surface area (Å²) >= 11 is 0. The highest BCUT2D eigenvalue weighted by Crippen LogP contribution is 2.27. The van der Waals surface area contributed by atoms with Crippen LogP contribution in [0.15, 0.2) is 54.7 Å². The molecule has 0 saturated carbocycles. The number of carbonyl (C=O) groups excluding carboxylic acids is 1. The van der Waals surface area contributed by atoms with Crippen molar-refractivity contribution < 1.29 is 14.3 Å². The highest BCUT2D eigenvalue weighted by Gasteiger charge is 2.35. The number of β-amino-alcohol motifs (C(OH)–C–C–N with tert-alkyl or cyclic N) is 1. The zero-order valence-electron chi connectivity index (χ0n) is 15.0. The van der Waals surface area contributed by atoms with E-state index < -0.39 is 23.9 Å². The number of aliphatic hydroxyl groups is 1. The van der Waals surface area contributed by atoms with Gasteiger partial charge in [-0.15, -0.1) is 0 Å². The van der Waals surface area contributed by atoms with Crippen LogP contribution in [0, 0.1) is 5.82 Å². The molecule has 1 aromatic heterocycles. The number of aliphatic hydroxyl groups excluding tert-OH is 1. The standard InChI is InChI=1S/C21H22FN3O2/c1-13(15-7-6-14-4-2-3-5-16(14)8-15)25-11-19(20(26)12-25)24-21(27)18-9-17(22)10-23-18/h2-10,13,19-20,23,26H,11-12H2,1H3,(H,24,27)/t13?,19-,20+/m0/s1. The minimum absolute atomic E-state index is 0.106. The fraction of sp³-hybridized carbons (Fsp3) is 0.286. The van der Waals surface area contributed by atoms with E-state index in [9.17, 15) is 14.3 Å². The summed E-state index contributed by atoms with van der Waals surface area (Å²) in [5.41, 5.74) is 1.32. The normalized spacial score (nSPS) is 21.4. The van der Waals surface area contributed by atoms with Gasteiger partial charge in [0.15, 0.2) is 0 Å². The molecular formula is C21H22FN3O2. The summed E-state index contributed by atoms with van der Waals surface area (Å²) in [5.74, 6) is -0.901. The van der Waals surface area contributed by atoms with Crippen molar-refractivity contribution >= 4 is 16.7 Å². The Morgan fingerprint density at radius 2 is 2.00 bits per heavy atom. The summed E-state index contributed by atoms with van der Waals surface area (Å²) in [5, 5.41) is 15.6. The minimum atomic E-state index is -0.670. The maximum atomic E-state index is 13.1. The third-order valence-electron chi connectivity index (χ3n) is 5.33. The number of rotatable bonds is 4. The van der Waals surface area contributed by atoms with Crippen LogP contribution < -0.4 is 5.32 Å². The Bertz CT molecular complexity index is 971. The van der Waals surface area contributed by atoms with Crippen molar-refractivity contribution in [1.29, 1.82) is 0 Å². The molecule has 0 radical (unpaired) electrons. The monoisotopic (exact) mass is 367 g/mol. The summed E-state index contributed by atoms with van der Waals surface area (Å²) in [6, 6.07) is 15.4. The number of hydrogen-bond donors (Lipinski definition) is 3. The van der Waals surface area contributed by atoms with Gasteiger partial charge in [-0.2, -0.15) is 0 Å². The molecule has 2 heterocycles. The van der Waals surface area contributed by atoms with Gasteiger partial charge < -0.3 is 15.4 Å². The molecule has 6 heteroatoms. The lowest BCUT2D eigenvalue weighted by Gasteiger charge is -2.25. The fourth-order valence-corrected chi connectivity index (χ4v) is 3.70. The van der Waals surface area contributed by atoms with Crippen molar-refractivity contribution in [2.75, 3.05) is 13.1 Å². The highest BCUT2D eigenvalue weighted by atomic mass is 19.1. The highest BCUT2D eigenvalue weighted by molar-refractivity contribution is 5.92. The molecule has 0 spiro atoms. The molecule has 3 N–H and O–H groups in total. The molecule has 2 aromatic carbocycles. The number of benzene rings is 2. The van der Waals surface area contributed by atoms with E-state index >= 15 is 0 Å². The van der Waals surface area contributed by atoms with E-state index in [1.165, 1.54) is 16.3 Å². The number of fused-ring (bicyclic) bond motifs is 1. The van der Waals surface area contributed by atoms with Crippen LogP contribution >= 0.6 is 0 Å². The van der Waals surface area contributed by atoms with Crippen LogP contribution in [0.2, 0.25) is 0 Å². The Kier molecular flexibility index (Phi) is 4.68. The smallest absolute Gasteiger partial charge is 0.268 e. The maximum Gasteiger partial charge on any atom is 0.268 e. The van der Waals surface area contributed by atoms with Crippen LogP contribution in [-0.4, -0.2) is 46.1 Å². The fourth-order valence-electron chi connectivity index (χ4n) is 3.70. The van der Waals surface area contributed by atoms with Crippen LogP contribution in [0.3, 0.4) is 0 Å². The zero-order chi connectivity index (χ0) is 19.0. The first-order valence-corrected chi connectivity index (χ1v) is 9.07. The second kappa shape index (κ2) is 7.13. The van der Waals surface area contributed by atoms with E-state index in [1.54, 1.807) is 0 Å². The molecule has 3 atom stereocenters. The van der Waals surface area contributed by atoms with Gasteiger partial charge in [0.25, 0.3) is 5.91 Å². The molecule has 1 aliphatic heterocycles. The first-order valence-electron chi connectivity index (χ1n) is 9.07. The molecule has 27 heavy (non-hydrogen) atoms. The third-order valence-corrected chi connectivity index (χ3v) is 5.33.